The molecule has 3 rings (SSSR count). The number of hydrogen-bond acceptors (Lipinski definition) is 6. The second-order valence-corrected chi connectivity index (χ2v) is 9.91. The zero-order chi connectivity index (χ0) is 21.0. The fourth-order valence-electron chi connectivity index (χ4n) is 2.92. The number of sulfonamides is 1. The Morgan fingerprint density at radius 3 is 2.59 bits per heavy atom. The Bertz CT molecular complexity index is 986. The SMILES string of the molecule is C[C@H](OC(=O)c1cccs1)C(=O)Nc1cc(S(=O)(=O)N2CCCCC2)ccc1Cl. The van der Waals surface area contributed by atoms with Gasteiger partial charge in [-0.25, -0.2) is 13.2 Å². The summed E-state index contributed by atoms with van der Waals surface area (Å²) in [4.78, 5) is 24.9. The van der Waals surface area contributed by atoms with Gasteiger partial charge < -0.3 is 10.1 Å². The van der Waals surface area contributed by atoms with Crippen molar-refractivity contribution in [3.8, 4) is 0 Å². The molecule has 0 saturated carbocycles. The molecule has 1 saturated heterocycles. The minimum atomic E-state index is -3.67. The third-order valence-corrected chi connectivity index (χ3v) is 7.60. The fraction of sp³-hybridized carbons (Fsp3) is 0.368. The van der Waals surface area contributed by atoms with Crippen LogP contribution in [0.25, 0.3) is 0 Å². The number of thiophene rings is 1. The molecule has 1 atom stereocenters. The number of carbonyl (C=O) groups is 2. The highest BCUT2D eigenvalue weighted by molar-refractivity contribution is 7.89. The van der Waals surface area contributed by atoms with Crippen molar-refractivity contribution >= 4 is 50.5 Å². The maximum atomic E-state index is 12.8. The second-order valence-electron chi connectivity index (χ2n) is 6.62. The van der Waals surface area contributed by atoms with Crippen LogP contribution in [0.2, 0.25) is 5.02 Å². The van der Waals surface area contributed by atoms with Crippen molar-refractivity contribution in [2.24, 2.45) is 0 Å². The topological polar surface area (TPSA) is 92.8 Å². The number of rotatable bonds is 6. The first-order valence-electron chi connectivity index (χ1n) is 9.14. The van der Waals surface area contributed by atoms with Crippen LogP contribution in [0.5, 0.6) is 0 Å². The highest BCUT2D eigenvalue weighted by Gasteiger charge is 2.27. The van der Waals surface area contributed by atoms with Crippen molar-refractivity contribution in [3.63, 3.8) is 0 Å². The Hall–Kier alpha value is -1.94. The molecule has 156 valence electrons. The average Bonchev–Trinajstić information content (AvgIpc) is 3.25. The summed E-state index contributed by atoms with van der Waals surface area (Å²) in [6.45, 7) is 2.38. The molecule has 7 nitrogen and oxygen atoms in total. The summed E-state index contributed by atoms with van der Waals surface area (Å²) < 4.78 is 32.3. The third kappa shape index (κ3) is 5.16. The fourth-order valence-corrected chi connectivity index (χ4v) is 5.23. The zero-order valence-electron chi connectivity index (χ0n) is 15.8. The van der Waals surface area contributed by atoms with E-state index in [1.165, 1.54) is 40.8 Å². The Morgan fingerprint density at radius 1 is 1.21 bits per heavy atom. The minimum Gasteiger partial charge on any atom is -0.448 e. The van der Waals surface area contributed by atoms with Crippen LogP contribution in [0.4, 0.5) is 5.69 Å². The summed E-state index contributed by atoms with van der Waals surface area (Å²) in [5.74, 6) is -1.21. The van der Waals surface area contributed by atoms with E-state index in [0.717, 1.165) is 19.3 Å². The number of halogens is 1. The summed E-state index contributed by atoms with van der Waals surface area (Å²) in [6, 6.07) is 7.49. The number of carbonyl (C=O) groups excluding carboxylic acids is 2. The second kappa shape index (κ2) is 9.25. The van der Waals surface area contributed by atoms with Crippen LogP contribution < -0.4 is 5.32 Å². The summed E-state index contributed by atoms with van der Waals surface area (Å²) >= 11 is 7.35. The highest BCUT2D eigenvalue weighted by atomic mass is 35.5. The van der Waals surface area contributed by atoms with E-state index in [1.54, 1.807) is 17.5 Å². The van der Waals surface area contributed by atoms with Gasteiger partial charge in [-0.05, 0) is 49.4 Å². The molecule has 1 aromatic heterocycles. The molecular formula is C19H21ClN2O5S2. The molecule has 1 N–H and O–H groups in total. The van der Waals surface area contributed by atoms with Crippen molar-refractivity contribution < 1.29 is 22.7 Å². The summed E-state index contributed by atoms with van der Waals surface area (Å²) in [5, 5.41) is 4.47. The first-order valence-corrected chi connectivity index (χ1v) is 11.8. The number of amides is 1. The van der Waals surface area contributed by atoms with Crippen molar-refractivity contribution in [2.45, 2.75) is 37.2 Å². The maximum absolute atomic E-state index is 12.8. The smallest absolute Gasteiger partial charge is 0.349 e. The molecule has 0 unspecified atom stereocenters. The lowest BCUT2D eigenvalue weighted by atomic mass is 10.2. The van der Waals surface area contributed by atoms with Crippen molar-refractivity contribution in [2.75, 3.05) is 18.4 Å². The molecule has 0 spiro atoms. The van der Waals surface area contributed by atoms with E-state index in [-0.39, 0.29) is 15.6 Å². The Kier molecular flexibility index (Phi) is 6.94. The molecule has 1 aromatic carbocycles. The van der Waals surface area contributed by atoms with Gasteiger partial charge in [-0.15, -0.1) is 11.3 Å². The van der Waals surface area contributed by atoms with Gasteiger partial charge in [0.1, 0.15) is 4.88 Å². The van der Waals surface area contributed by atoms with Gasteiger partial charge in [0.05, 0.1) is 15.6 Å². The molecule has 0 bridgehead atoms. The quantitative estimate of drug-likeness (QED) is 0.668. The van der Waals surface area contributed by atoms with Crippen molar-refractivity contribution in [1.29, 1.82) is 0 Å². The molecule has 2 heterocycles. The van der Waals surface area contributed by atoms with Crippen LogP contribution in [-0.2, 0) is 19.6 Å². The Morgan fingerprint density at radius 2 is 1.93 bits per heavy atom. The number of ether oxygens (including phenoxy) is 1. The molecule has 0 radical (unpaired) electrons. The van der Waals surface area contributed by atoms with Gasteiger partial charge in [-0.1, -0.05) is 24.1 Å². The third-order valence-electron chi connectivity index (χ3n) is 4.52. The standard InChI is InChI=1S/C19H21ClN2O5S2/c1-13(27-19(24)17-6-5-11-28-17)18(23)21-16-12-14(7-8-15(16)20)29(25,26)22-9-3-2-4-10-22/h5-8,11-13H,2-4,9-10H2,1H3,(H,21,23)/t13-/m0/s1. The molecular weight excluding hydrogens is 436 g/mol. The largest absolute Gasteiger partial charge is 0.448 e. The van der Waals surface area contributed by atoms with Crippen LogP contribution >= 0.6 is 22.9 Å². The molecule has 1 aliphatic heterocycles. The van der Waals surface area contributed by atoms with Gasteiger partial charge in [-0.2, -0.15) is 4.31 Å². The van der Waals surface area contributed by atoms with Gasteiger partial charge >= 0.3 is 5.97 Å². The molecule has 29 heavy (non-hydrogen) atoms. The van der Waals surface area contributed by atoms with Gasteiger partial charge in [0.15, 0.2) is 6.10 Å². The van der Waals surface area contributed by atoms with E-state index in [4.69, 9.17) is 16.3 Å². The lowest BCUT2D eigenvalue weighted by Crippen LogP contribution is -2.35. The zero-order valence-corrected chi connectivity index (χ0v) is 18.1. The minimum absolute atomic E-state index is 0.0577. The number of anilines is 1. The number of benzene rings is 1. The van der Waals surface area contributed by atoms with E-state index in [1.807, 2.05) is 0 Å². The van der Waals surface area contributed by atoms with Crippen LogP contribution in [0, 0.1) is 0 Å². The van der Waals surface area contributed by atoms with E-state index >= 15 is 0 Å². The van der Waals surface area contributed by atoms with E-state index in [9.17, 15) is 18.0 Å². The monoisotopic (exact) mass is 456 g/mol. The van der Waals surface area contributed by atoms with Crippen molar-refractivity contribution in [3.05, 3.63) is 45.6 Å². The molecule has 0 aliphatic carbocycles. The molecule has 1 amide bonds. The molecule has 10 heteroatoms. The normalized spacial score (nSPS) is 16.2. The number of nitrogens with zero attached hydrogens (tertiary/aromatic N) is 1. The number of piperidine rings is 1. The Labute approximate surface area is 178 Å². The lowest BCUT2D eigenvalue weighted by Gasteiger charge is -2.26. The lowest BCUT2D eigenvalue weighted by molar-refractivity contribution is -0.123. The first-order chi connectivity index (χ1) is 13.8. The van der Waals surface area contributed by atoms with Gasteiger partial charge in [0.25, 0.3) is 5.91 Å². The summed E-state index contributed by atoms with van der Waals surface area (Å²) in [7, 11) is -3.67. The average molecular weight is 457 g/mol. The summed E-state index contributed by atoms with van der Waals surface area (Å²) in [5.41, 5.74) is 0.147. The maximum Gasteiger partial charge on any atom is 0.349 e. The number of esters is 1. The van der Waals surface area contributed by atoms with Crippen LogP contribution in [0.1, 0.15) is 35.9 Å². The molecule has 2 aromatic rings. The molecule has 1 aliphatic rings. The predicted octanol–water partition coefficient (Wildman–Crippen LogP) is 3.76. The van der Waals surface area contributed by atoms with Crippen LogP contribution in [0.15, 0.2) is 40.6 Å². The summed E-state index contributed by atoms with van der Waals surface area (Å²) in [6.07, 6.45) is 1.58. The van der Waals surface area contributed by atoms with E-state index < -0.39 is 28.0 Å². The predicted molar refractivity (Wildman–Crippen MR) is 112 cm³/mol. The van der Waals surface area contributed by atoms with Crippen molar-refractivity contribution in [1.82, 2.24) is 4.31 Å². The first kappa shape index (κ1) is 21.8. The van der Waals surface area contributed by atoms with Crippen LogP contribution in [0.3, 0.4) is 0 Å². The van der Waals surface area contributed by atoms with Gasteiger partial charge in [0.2, 0.25) is 10.0 Å². The number of hydrogen-bond donors (Lipinski definition) is 1. The molecule has 1 fully saturated rings. The number of nitrogens with one attached hydrogen (secondary N) is 1. The Balaban J connectivity index is 1.72. The highest BCUT2D eigenvalue weighted by Crippen LogP contribution is 2.28. The van der Waals surface area contributed by atoms with Gasteiger partial charge in [-0.3, -0.25) is 4.79 Å². The van der Waals surface area contributed by atoms with E-state index in [0.29, 0.717) is 18.0 Å². The van der Waals surface area contributed by atoms with Crippen LogP contribution in [-0.4, -0.2) is 43.8 Å². The van der Waals surface area contributed by atoms with E-state index in [2.05, 4.69) is 5.32 Å². The van der Waals surface area contributed by atoms with Gasteiger partial charge in [0, 0.05) is 13.1 Å².